The summed E-state index contributed by atoms with van der Waals surface area (Å²) in [5.74, 6) is -0.804. The van der Waals surface area contributed by atoms with Crippen molar-refractivity contribution in [3.63, 3.8) is 0 Å². The van der Waals surface area contributed by atoms with Gasteiger partial charge in [-0.25, -0.2) is 0 Å². The number of carbonyl (C=O) groups excluding carboxylic acids is 2. The molecule has 10 heteroatoms. The number of hydrogen-bond donors (Lipinski definition) is 4. The van der Waals surface area contributed by atoms with E-state index in [0.717, 1.165) is 44.9 Å². The van der Waals surface area contributed by atoms with Crippen LogP contribution in [0.25, 0.3) is 0 Å². The lowest BCUT2D eigenvalue weighted by Crippen LogP contribution is -2.59. The van der Waals surface area contributed by atoms with Gasteiger partial charge in [-0.05, 0) is 12.8 Å². The van der Waals surface area contributed by atoms with Crippen molar-refractivity contribution >= 4 is 11.9 Å². The van der Waals surface area contributed by atoms with Crippen molar-refractivity contribution in [3.05, 3.63) is 0 Å². The zero-order chi connectivity index (χ0) is 35.2. The third-order valence-electron chi connectivity index (χ3n) is 9.24. The highest BCUT2D eigenvalue weighted by molar-refractivity contribution is 5.70. The van der Waals surface area contributed by atoms with Crippen LogP contribution in [0.3, 0.4) is 0 Å². The van der Waals surface area contributed by atoms with Gasteiger partial charge in [0.1, 0.15) is 31.0 Å². The van der Waals surface area contributed by atoms with E-state index < -0.39 is 49.4 Å². The molecule has 48 heavy (non-hydrogen) atoms. The molecule has 1 heterocycles. The molecule has 0 aromatic carbocycles. The van der Waals surface area contributed by atoms with Gasteiger partial charge in [0.2, 0.25) is 0 Å². The lowest BCUT2D eigenvalue weighted by Gasteiger charge is -2.39. The van der Waals surface area contributed by atoms with Crippen LogP contribution in [0.5, 0.6) is 0 Å². The van der Waals surface area contributed by atoms with Gasteiger partial charge in [0.05, 0.1) is 13.2 Å². The van der Waals surface area contributed by atoms with E-state index in [9.17, 15) is 30.0 Å². The van der Waals surface area contributed by atoms with Gasteiger partial charge in [-0.3, -0.25) is 9.59 Å². The van der Waals surface area contributed by atoms with Crippen LogP contribution < -0.4 is 0 Å². The molecule has 0 aliphatic carbocycles. The number of esters is 2. The van der Waals surface area contributed by atoms with E-state index in [4.69, 9.17) is 18.9 Å². The number of rotatable bonds is 32. The molecule has 10 nitrogen and oxygen atoms in total. The predicted molar refractivity (Wildman–Crippen MR) is 187 cm³/mol. The summed E-state index contributed by atoms with van der Waals surface area (Å²) < 4.78 is 22.0. The molecule has 0 saturated carbocycles. The van der Waals surface area contributed by atoms with Gasteiger partial charge in [-0.2, -0.15) is 0 Å². The molecule has 1 saturated heterocycles. The molecular formula is C38H72O10. The van der Waals surface area contributed by atoms with Crippen molar-refractivity contribution in [1.29, 1.82) is 0 Å². The highest BCUT2D eigenvalue weighted by Gasteiger charge is 2.44. The molecule has 0 spiro atoms. The molecule has 0 aromatic heterocycles. The number of carbonyl (C=O) groups is 2. The van der Waals surface area contributed by atoms with Crippen LogP contribution in [0.1, 0.15) is 174 Å². The number of ether oxygens (including phenoxy) is 4. The van der Waals surface area contributed by atoms with E-state index in [1.807, 2.05) is 0 Å². The second kappa shape index (κ2) is 30.5. The van der Waals surface area contributed by atoms with Gasteiger partial charge < -0.3 is 39.4 Å². The smallest absolute Gasteiger partial charge is 0.306 e. The molecule has 6 unspecified atom stereocenters. The summed E-state index contributed by atoms with van der Waals surface area (Å²) in [5, 5.41) is 39.8. The molecular weight excluding hydrogens is 616 g/mol. The second-order valence-corrected chi connectivity index (χ2v) is 13.8. The van der Waals surface area contributed by atoms with Crippen molar-refractivity contribution in [3.8, 4) is 0 Å². The Morgan fingerprint density at radius 1 is 0.562 bits per heavy atom. The molecule has 1 aliphatic rings. The highest BCUT2D eigenvalue weighted by atomic mass is 16.7. The summed E-state index contributed by atoms with van der Waals surface area (Å²) in [5.41, 5.74) is 0. The molecule has 1 fully saturated rings. The Bertz CT molecular complexity index is 764. The topological polar surface area (TPSA) is 152 Å². The highest BCUT2D eigenvalue weighted by Crippen LogP contribution is 2.22. The second-order valence-electron chi connectivity index (χ2n) is 13.8. The zero-order valence-electron chi connectivity index (χ0n) is 30.5. The van der Waals surface area contributed by atoms with Crippen LogP contribution in [-0.2, 0) is 28.5 Å². The fourth-order valence-corrected chi connectivity index (χ4v) is 6.07. The van der Waals surface area contributed by atoms with E-state index in [-0.39, 0.29) is 32.0 Å². The summed E-state index contributed by atoms with van der Waals surface area (Å²) in [7, 11) is 0. The number of unbranched alkanes of at least 4 members (excludes halogenated alkanes) is 21. The molecule has 0 bridgehead atoms. The SMILES string of the molecule is CCCCCCCCCCCCCCCCCCC(=O)OC(COC(=O)CCCCCCCCC)COC1OC(CO)C(O)C(O)C1O. The Morgan fingerprint density at radius 3 is 1.42 bits per heavy atom. The standard InChI is InChI=1S/C38H72O10/c1-3-5-7-9-11-12-13-14-15-16-17-18-19-21-23-25-27-34(41)47-31(29-45-33(40)26-24-22-20-10-8-6-4-2)30-46-38-37(44)36(43)35(42)32(28-39)48-38/h31-32,35-39,42-44H,3-30H2,1-2H3. The molecule has 1 aliphatic heterocycles. The van der Waals surface area contributed by atoms with Gasteiger partial charge in [-0.1, -0.05) is 149 Å². The van der Waals surface area contributed by atoms with Crippen LogP contribution >= 0.6 is 0 Å². The minimum Gasteiger partial charge on any atom is -0.462 e. The van der Waals surface area contributed by atoms with Crippen LogP contribution in [0, 0.1) is 0 Å². The third kappa shape index (κ3) is 22.4. The lowest BCUT2D eigenvalue weighted by atomic mass is 9.99. The summed E-state index contributed by atoms with van der Waals surface area (Å²) in [6, 6.07) is 0. The van der Waals surface area contributed by atoms with Crippen molar-refractivity contribution in [2.24, 2.45) is 0 Å². The maximum atomic E-state index is 12.7. The summed E-state index contributed by atoms with van der Waals surface area (Å²) in [6.45, 7) is 3.37. The Kier molecular flexibility index (Phi) is 28.4. The average molecular weight is 689 g/mol. The van der Waals surface area contributed by atoms with Gasteiger partial charge in [0, 0.05) is 12.8 Å². The molecule has 6 atom stereocenters. The molecule has 4 N–H and O–H groups in total. The first-order valence-corrected chi connectivity index (χ1v) is 19.6. The quantitative estimate of drug-likeness (QED) is 0.0427. The van der Waals surface area contributed by atoms with Crippen LogP contribution in [0.4, 0.5) is 0 Å². The van der Waals surface area contributed by atoms with Crippen molar-refractivity contribution < 1.29 is 49.0 Å². The number of hydrogen-bond acceptors (Lipinski definition) is 10. The molecule has 1 rings (SSSR count). The lowest BCUT2D eigenvalue weighted by molar-refractivity contribution is -0.305. The van der Waals surface area contributed by atoms with E-state index >= 15 is 0 Å². The first kappa shape index (κ1) is 44.7. The first-order valence-electron chi connectivity index (χ1n) is 19.6. The Balaban J connectivity index is 2.33. The van der Waals surface area contributed by atoms with Crippen LogP contribution in [0.2, 0.25) is 0 Å². The fourth-order valence-electron chi connectivity index (χ4n) is 6.07. The summed E-state index contributed by atoms with van der Waals surface area (Å²) in [6.07, 6.45) is 19.9. The largest absolute Gasteiger partial charge is 0.462 e. The molecule has 0 aromatic rings. The Morgan fingerprint density at radius 2 is 0.979 bits per heavy atom. The Labute approximate surface area is 291 Å². The number of aliphatic hydroxyl groups is 4. The van der Waals surface area contributed by atoms with Crippen LogP contribution in [-0.4, -0.2) is 89.0 Å². The summed E-state index contributed by atoms with van der Waals surface area (Å²) in [4.78, 5) is 25.0. The zero-order valence-corrected chi connectivity index (χ0v) is 30.5. The van der Waals surface area contributed by atoms with Crippen molar-refractivity contribution in [1.82, 2.24) is 0 Å². The van der Waals surface area contributed by atoms with E-state index in [1.165, 1.54) is 96.3 Å². The van der Waals surface area contributed by atoms with Gasteiger partial charge in [-0.15, -0.1) is 0 Å². The average Bonchev–Trinajstić information content (AvgIpc) is 3.08. The monoisotopic (exact) mass is 689 g/mol. The van der Waals surface area contributed by atoms with Gasteiger partial charge >= 0.3 is 11.9 Å². The summed E-state index contributed by atoms with van der Waals surface area (Å²) >= 11 is 0. The maximum absolute atomic E-state index is 12.7. The van der Waals surface area contributed by atoms with Crippen LogP contribution in [0.15, 0.2) is 0 Å². The number of aliphatic hydroxyl groups excluding tert-OH is 4. The molecule has 284 valence electrons. The molecule has 0 amide bonds. The first-order chi connectivity index (χ1) is 23.3. The van der Waals surface area contributed by atoms with Crippen molar-refractivity contribution in [2.45, 2.75) is 211 Å². The predicted octanol–water partition coefficient (Wildman–Crippen LogP) is 7.05. The minimum absolute atomic E-state index is 0.211. The van der Waals surface area contributed by atoms with Gasteiger partial charge in [0.25, 0.3) is 0 Å². The Hall–Kier alpha value is -1.30. The van der Waals surface area contributed by atoms with E-state index in [2.05, 4.69) is 13.8 Å². The molecule has 0 radical (unpaired) electrons. The fraction of sp³-hybridized carbons (Fsp3) is 0.947. The van der Waals surface area contributed by atoms with E-state index in [0.29, 0.717) is 6.42 Å². The van der Waals surface area contributed by atoms with Gasteiger partial charge in [0.15, 0.2) is 12.4 Å². The van der Waals surface area contributed by atoms with Crippen molar-refractivity contribution in [2.75, 3.05) is 19.8 Å². The normalized spacial score (nSPS) is 21.7. The maximum Gasteiger partial charge on any atom is 0.306 e. The third-order valence-corrected chi connectivity index (χ3v) is 9.24. The minimum atomic E-state index is -1.59. The van der Waals surface area contributed by atoms with E-state index in [1.54, 1.807) is 0 Å².